The van der Waals surface area contributed by atoms with E-state index in [2.05, 4.69) is 0 Å². The Balaban J connectivity index is -0.000000101. The second-order valence-electron chi connectivity index (χ2n) is 2.01. The van der Waals surface area contributed by atoms with E-state index < -0.39 is 0 Å². The summed E-state index contributed by atoms with van der Waals surface area (Å²) in [5.74, 6) is 1.28. The minimum atomic E-state index is 0.167. The lowest BCUT2D eigenvalue weighted by Gasteiger charge is -1.69. The third-order valence-electron chi connectivity index (χ3n) is 0.295. The third-order valence-corrected chi connectivity index (χ3v) is 0.866. The van der Waals surface area contributed by atoms with Gasteiger partial charge in [-0.2, -0.15) is 0 Å². The molecule has 0 saturated heterocycles. The van der Waals surface area contributed by atoms with Gasteiger partial charge in [0.15, 0.2) is 0 Å². The van der Waals surface area contributed by atoms with Crippen LogP contribution in [0.15, 0.2) is 0 Å². The monoisotopic (exact) mass is 216 g/mol. The van der Waals surface area contributed by atoms with Crippen LogP contribution >= 0.6 is 23.2 Å². The van der Waals surface area contributed by atoms with Gasteiger partial charge in [-0.1, -0.05) is 6.92 Å². The molecule has 76 valence electrons. The average molecular weight is 217 g/mol. The fraction of sp³-hybridized carbons (Fsp3) is 0.875. The predicted molar refractivity (Wildman–Crippen MR) is 55.2 cm³/mol. The molecule has 0 atom stereocenters. The summed E-state index contributed by atoms with van der Waals surface area (Å²) in [6.07, 6.45) is 0.875. The Morgan fingerprint density at radius 1 is 1.25 bits per heavy atom. The smallest absolute Gasteiger partial charge is 0.126 e. The molecule has 1 N–H and O–H groups in total. The zero-order valence-electron chi connectivity index (χ0n) is 7.94. The summed E-state index contributed by atoms with van der Waals surface area (Å²) >= 11 is 10.1. The standard InChI is InChI=1S/C3H6O.C3H8O.C2H4Cl2/c1-3(2)4;1-2-3-4;3-1-2-4/h1-2H3;4H,2-3H2,1H3;1-2H2. The van der Waals surface area contributed by atoms with E-state index >= 15 is 0 Å². The Kier molecular flexibility index (Phi) is 33.9. The molecule has 4 heteroatoms. The van der Waals surface area contributed by atoms with Crippen LogP contribution in [0, 0.1) is 0 Å². The SMILES string of the molecule is CC(C)=O.CCCO.ClCCCl. The number of carbonyl (C=O) groups is 1. The number of Topliss-reactive ketones (excluding diaryl/α,β-unsaturated/α-hetero) is 1. The van der Waals surface area contributed by atoms with E-state index in [0.29, 0.717) is 18.4 Å². The molecule has 0 aliphatic rings. The van der Waals surface area contributed by atoms with Crippen LogP contribution in [0.4, 0.5) is 0 Å². The van der Waals surface area contributed by atoms with Crippen LogP contribution in [0.2, 0.25) is 0 Å². The van der Waals surface area contributed by atoms with E-state index in [4.69, 9.17) is 28.3 Å². The maximum absolute atomic E-state index is 9.44. The Hall–Kier alpha value is 0.210. The van der Waals surface area contributed by atoms with Crippen LogP contribution < -0.4 is 0 Å². The van der Waals surface area contributed by atoms with Gasteiger partial charge < -0.3 is 9.90 Å². The highest BCUT2D eigenvalue weighted by Crippen LogP contribution is 1.75. The van der Waals surface area contributed by atoms with Gasteiger partial charge in [0.1, 0.15) is 5.78 Å². The van der Waals surface area contributed by atoms with E-state index in [1.165, 1.54) is 13.8 Å². The van der Waals surface area contributed by atoms with Crippen molar-refractivity contribution < 1.29 is 9.90 Å². The lowest BCUT2D eigenvalue weighted by Crippen LogP contribution is -1.69. The first kappa shape index (κ1) is 18.1. The normalized spacial score (nSPS) is 7.17. The molecule has 2 nitrogen and oxygen atoms in total. The van der Waals surface area contributed by atoms with E-state index in [1.807, 2.05) is 6.92 Å². The second kappa shape index (κ2) is 22.5. The van der Waals surface area contributed by atoms with E-state index in [-0.39, 0.29) is 5.78 Å². The summed E-state index contributed by atoms with van der Waals surface area (Å²) in [6.45, 7) is 5.31. The van der Waals surface area contributed by atoms with E-state index in [1.54, 1.807) is 0 Å². The zero-order chi connectivity index (χ0) is 10.4. The summed E-state index contributed by atoms with van der Waals surface area (Å²) in [5.41, 5.74) is 0. The number of alkyl halides is 2. The van der Waals surface area contributed by atoms with Gasteiger partial charge in [0.25, 0.3) is 0 Å². The highest BCUT2D eigenvalue weighted by Gasteiger charge is 1.62. The van der Waals surface area contributed by atoms with Crippen molar-refractivity contribution in [3.63, 3.8) is 0 Å². The van der Waals surface area contributed by atoms with Crippen molar-refractivity contribution in [2.45, 2.75) is 27.2 Å². The van der Waals surface area contributed by atoms with Crippen molar-refractivity contribution in [1.82, 2.24) is 0 Å². The van der Waals surface area contributed by atoms with Gasteiger partial charge in [0, 0.05) is 18.4 Å². The van der Waals surface area contributed by atoms with Gasteiger partial charge in [-0.25, -0.2) is 0 Å². The summed E-state index contributed by atoms with van der Waals surface area (Å²) in [7, 11) is 0. The molecule has 0 aromatic carbocycles. The van der Waals surface area contributed by atoms with Crippen LogP contribution in [0.5, 0.6) is 0 Å². The zero-order valence-corrected chi connectivity index (χ0v) is 9.45. The highest BCUT2D eigenvalue weighted by atomic mass is 35.5. The molecule has 0 bridgehead atoms. The van der Waals surface area contributed by atoms with Gasteiger partial charge in [-0.05, 0) is 20.3 Å². The number of hydrogen-bond acceptors (Lipinski definition) is 2. The summed E-state index contributed by atoms with van der Waals surface area (Å²) in [6, 6.07) is 0. The van der Waals surface area contributed by atoms with Crippen molar-refractivity contribution in [3.05, 3.63) is 0 Å². The average Bonchev–Trinajstić information content (AvgIpc) is 2.03. The first-order valence-corrected chi connectivity index (χ1v) is 4.83. The van der Waals surface area contributed by atoms with Gasteiger partial charge in [-0.15, -0.1) is 23.2 Å². The van der Waals surface area contributed by atoms with Crippen molar-refractivity contribution >= 4 is 29.0 Å². The molecule has 0 aliphatic carbocycles. The van der Waals surface area contributed by atoms with Crippen LogP contribution in [0.25, 0.3) is 0 Å². The number of ketones is 1. The van der Waals surface area contributed by atoms with Crippen molar-refractivity contribution in [2.75, 3.05) is 18.4 Å². The quantitative estimate of drug-likeness (QED) is 0.721. The second-order valence-corrected chi connectivity index (χ2v) is 2.77. The summed E-state index contributed by atoms with van der Waals surface area (Å²) in [4.78, 5) is 9.44. The lowest BCUT2D eigenvalue weighted by molar-refractivity contribution is -0.114. The maximum atomic E-state index is 9.44. The number of rotatable bonds is 2. The Bertz CT molecular complexity index is 65.5. The molecule has 0 saturated carbocycles. The lowest BCUT2D eigenvalue weighted by atomic mass is 10.5. The van der Waals surface area contributed by atoms with Gasteiger partial charge in [0.2, 0.25) is 0 Å². The number of hydrogen-bond donors (Lipinski definition) is 1. The number of carbonyl (C=O) groups excluding carboxylic acids is 1. The minimum absolute atomic E-state index is 0.167. The predicted octanol–water partition coefficient (Wildman–Crippen LogP) is 2.45. The fourth-order valence-corrected chi connectivity index (χ4v) is 0. The van der Waals surface area contributed by atoms with Crippen molar-refractivity contribution in [2.24, 2.45) is 0 Å². The Labute approximate surface area is 84.9 Å². The Morgan fingerprint density at radius 2 is 1.42 bits per heavy atom. The van der Waals surface area contributed by atoms with Gasteiger partial charge in [0.05, 0.1) is 0 Å². The van der Waals surface area contributed by atoms with Crippen molar-refractivity contribution in [1.29, 1.82) is 0 Å². The first-order chi connectivity index (χ1) is 5.56. The molecular formula is C8H18Cl2O2. The number of aliphatic hydroxyl groups is 1. The number of halogens is 2. The molecule has 0 amide bonds. The van der Waals surface area contributed by atoms with Crippen LogP contribution in [-0.2, 0) is 4.79 Å². The fourth-order valence-electron chi connectivity index (χ4n) is 0. The molecular weight excluding hydrogens is 199 g/mol. The molecule has 0 unspecified atom stereocenters. The molecule has 0 aliphatic heterocycles. The summed E-state index contributed by atoms with van der Waals surface area (Å²) in [5, 5.41) is 7.88. The number of aliphatic hydroxyl groups excluding tert-OH is 1. The molecule has 0 fully saturated rings. The molecule has 0 heterocycles. The molecule has 0 spiro atoms. The van der Waals surface area contributed by atoms with Crippen LogP contribution in [-0.4, -0.2) is 29.3 Å². The highest BCUT2D eigenvalue weighted by molar-refractivity contribution is 6.25. The van der Waals surface area contributed by atoms with Crippen LogP contribution in [0.1, 0.15) is 27.2 Å². The van der Waals surface area contributed by atoms with Crippen LogP contribution in [0.3, 0.4) is 0 Å². The molecule has 0 rings (SSSR count). The Morgan fingerprint density at radius 3 is 1.42 bits per heavy atom. The molecule has 0 aromatic rings. The maximum Gasteiger partial charge on any atom is 0.126 e. The van der Waals surface area contributed by atoms with E-state index in [9.17, 15) is 4.79 Å². The van der Waals surface area contributed by atoms with Crippen molar-refractivity contribution in [3.8, 4) is 0 Å². The first-order valence-electron chi connectivity index (χ1n) is 3.76. The largest absolute Gasteiger partial charge is 0.396 e. The van der Waals surface area contributed by atoms with Gasteiger partial charge >= 0.3 is 0 Å². The van der Waals surface area contributed by atoms with E-state index in [0.717, 1.165) is 6.42 Å². The molecule has 0 aromatic heterocycles. The topological polar surface area (TPSA) is 37.3 Å². The van der Waals surface area contributed by atoms with Gasteiger partial charge in [-0.3, -0.25) is 0 Å². The third kappa shape index (κ3) is 177. The summed E-state index contributed by atoms with van der Waals surface area (Å²) < 4.78 is 0. The minimum Gasteiger partial charge on any atom is -0.396 e. The molecule has 0 radical (unpaired) electrons. The molecule has 12 heavy (non-hydrogen) atoms.